The molecule has 0 N–H and O–H groups in total. The molecule has 1 aliphatic rings. The van der Waals surface area contributed by atoms with E-state index in [4.69, 9.17) is 4.74 Å². The maximum absolute atomic E-state index is 10.3. The van der Waals surface area contributed by atoms with Crippen molar-refractivity contribution < 1.29 is 9.53 Å². The molecule has 0 radical (unpaired) electrons. The Labute approximate surface area is 74.3 Å². The van der Waals surface area contributed by atoms with E-state index in [1.807, 2.05) is 0 Å². The van der Waals surface area contributed by atoms with Crippen LogP contribution in [0.5, 0.6) is 0 Å². The second-order valence-electron chi connectivity index (χ2n) is 3.68. The quantitative estimate of drug-likeness (QED) is 0.604. The van der Waals surface area contributed by atoms with Gasteiger partial charge in [-0.05, 0) is 25.7 Å². The minimum Gasteiger partial charge on any atom is -0.371 e. The fourth-order valence-electron chi connectivity index (χ4n) is 1.68. The Bertz CT molecular complexity index is 128. The third-order valence-corrected chi connectivity index (χ3v) is 2.51. The molecule has 2 heteroatoms. The summed E-state index contributed by atoms with van der Waals surface area (Å²) in [5.41, 5.74) is 0. The smallest absolute Gasteiger partial charge is 0.148 e. The summed E-state index contributed by atoms with van der Waals surface area (Å²) in [5.74, 6) is 0.709. The largest absolute Gasteiger partial charge is 0.371 e. The highest BCUT2D eigenvalue weighted by molar-refractivity contribution is 5.55. The molecule has 1 unspecified atom stereocenters. The fraction of sp³-hybridized carbons (Fsp3) is 0.900. The fourth-order valence-corrected chi connectivity index (χ4v) is 1.68. The third kappa shape index (κ3) is 3.35. The van der Waals surface area contributed by atoms with Crippen molar-refractivity contribution in [3.8, 4) is 0 Å². The summed E-state index contributed by atoms with van der Waals surface area (Å²) in [6.45, 7) is 2.58. The summed E-state index contributed by atoms with van der Waals surface area (Å²) in [4.78, 5) is 10.3. The molecule has 0 aliphatic heterocycles. The highest BCUT2D eigenvalue weighted by atomic mass is 16.5. The Morgan fingerprint density at radius 3 is 2.67 bits per heavy atom. The molecule has 0 spiro atoms. The van der Waals surface area contributed by atoms with Crippen LogP contribution < -0.4 is 0 Å². The van der Waals surface area contributed by atoms with Crippen molar-refractivity contribution >= 4 is 6.29 Å². The number of hydrogen-bond acceptors (Lipinski definition) is 2. The van der Waals surface area contributed by atoms with Gasteiger partial charge in [0.1, 0.15) is 12.4 Å². The van der Waals surface area contributed by atoms with Crippen LogP contribution in [0.4, 0.5) is 0 Å². The van der Waals surface area contributed by atoms with Crippen molar-refractivity contribution in [3.63, 3.8) is 0 Å². The van der Waals surface area contributed by atoms with Crippen molar-refractivity contribution in [2.45, 2.75) is 45.1 Å². The van der Waals surface area contributed by atoms with Crippen molar-refractivity contribution in [3.05, 3.63) is 0 Å². The molecule has 0 amide bonds. The Balaban J connectivity index is 2.08. The van der Waals surface area contributed by atoms with E-state index in [9.17, 15) is 4.79 Å². The number of ether oxygens (including phenoxy) is 1. The molecular formula is C10H18O2. The average molecular weight is 170 g/mol. The lowest BCUT2D eigenvalue weighted by Gasteiger charge is -2.21. The van der Waals surface area contributed by atoms with E-state index < -0.39 is 0 Å². The Kier molecular flexibility index (Phi) is 4.30. The molecule has 0 bridgehead atoms. The molecule has 0 saturated heterocycles. The van der Waals surface area contributed by atoms with Gasteiger partial charge < -0.3 is 9.53 Å². The van der Waals surface area contributed by atoms with Crippen LogP contribution in [-0.2, 0) is 9.53 Å². The molecule has 1 aliphatic carbocycles. The zero-order chi connectivity index (χ0) is 8.81. The van der Waals surface area contributed by atoms with Gasteiger partial charge in [0.05, 0.1) is 6.61 Å². The molecule has 1 fully saturated rings. The highest BCUT2D eigenvalue weighted by Gasteiger charge is 2.14. The van der Waals surface area contributed by atoms with Crippen LogP contribution in [0, 0.1) is 5.92 Å². The summed E-state index contributed by atoms with van der Waals surface area (Å²) in [6, 6.07) is 0. The van der Waals surface area contributed by atoms with E-state index in [1.165, 1.54) is 32.1 Å². The second kappa shape index (κ2) is 5.31. The standard InChI is InChI=1S/C10H18O2/c1-9(7-11)12-8-10-5-3-2-4-6-10/h7,9-10H,2-6,8H2,1H3. The molecule has 1 atom stereocenters. The maximum Gasteiger partial charge on any atom is 0.148 e. The second-order valence-corrected chi connectivity index (χ2v) is 3.68. The summed E-state index contributed by atoms with van der Waals surface area (Å²) in [6.07, 6.45) is 7.26. The van der Waals surface area contributed by atoms with Gasteiger partial charge in [-0.2, -0.15) is 0 Å². The van der Waals surface area contributed by atoms with Crippen LogP contribution in [0.1, 0.15) is 39.0 Å². The van der Waals surface area contributed by atoms with Crippen LogP contribution in [0.3, 0.4) is 0 Å². The minimum absolute atomic E-state index is 0.216. The van der Waals surface area contributed by atoms with E-state index in [1.54, 1.807) is 6.92 Å². The van der Waals surface area contributed by atoms with Gasteiger partial charge in [-0.25, -0.2) is 0 Å². The normalized spacial score (nSPS) is 22.1. The molecule has 0 heterocycles. The molecular weight excluding hydrogens is 152 g/mol. The molecule has 12 heavy (non-hydrogen) atoms. The van der Waals surface area contributed by atoms with Crippen LogP contribution in [0.2, 0.25) is 0 Å². The topological polar surface area (TPSA) is 26.3 Å². The zero-order valence-corrected chi connectivity index (χ0v) is 7.79. The average Bonchev–Trinajstić information content (AvgIpc) is 2.16. The number of hydrogen-bond donors (Lipinski definition) is 0. The van der Waals surface area contributed by atoms with Crippen LogP contribution in [0.25, 0.3) is 0 Å². The Morgan fingerprint density at radius 2 is 2.08 bits per heavy atom. The lowest BCUT2D eigenvalue weighted by Crippen LogP contribution is -2.18. The molecule has 1 rings (SSSR count). The molecule has 0 aromatic rings. The first kappa shape index (κ1) is 9.72. The lowest BCUT2D eigenvalue weighted by atomic mass is 9.90. The monoisotopic (exact) mass is 170 g/mol. The molecule has 2 nitrogen and oxygen atoms in total. The molecule has 0 aromatic heterocycles. The summed E-state index contributed by atoms with van der Waals surface area (Å²) in [7, 11) is 0. The number of rotatable bonds is 4. The molecule has 0 aromatic carbocycles. The predicted molar refractivity (Wildman–Crippen MR) is 48.1 cm³/mol. The maximum atomic E-state index is 10.3. The van der Waals surface area contributed by atoms with Crippen LogP contribution in [0.15, 0.2) is 0 Å². The molecule has 70 valence electrons. The summed E-state index contributed by atoms with van der Waals surface area (Å²) >= 11 is 0. The zero-order valence-electron chi connectivity index (χ0n) is 7.79. The first-order valence-electron chi connectivity index (χ1n) is 4.90. The third-order valence-electron chi connectivity index (χ3n) is 2.51. The van der Waals surface area contributed by atoms with Crippen LogP contribution in [-0.4, -0.2) is 19.0 Å². The summed E-state index contributed by atoms with van der Waals surface area (Å²) in [5, 5.41) is 0. The van der Waals surface area contributed by atoms with E-state index in [0.29, 0.717) is 5.92 Å². The predicted octanol–water partition coefficient (Wildman–Crippen LogP) is 2.17. The Hall–Kier alpha value is -0.370. The van der Waals surface area contributed by atoms with Crippen molar-refractivity contribution in [1.82, 2.24) is 0 Å². The first-order chi connectivity index (χ1) is 5.83. The van der Waals surface area contributed by atoms with E-state index in [2.05, 4.69) is 0 Å². The molecule has 1 saturated carbocycles. The number of carbonyl (C=O) groups excluding carboxylic acids is 1. The van der Waals surface area contributed by atoms with Gasteiger partial charge in [-0.1, -0.05) is 19.3 Å². The first-order valence-corrected chi connectivity index (χ1v) is 4.90. The van der Waals surface area contributed by atoms with Gasteiger partial charge in [-0.15, -0.1) is 0 Å². The van der Waals surface area contributed by atoms with Crippen molar-refractivity contribution in [1.29, 1.82) is 0 Å². The van der Waals surface area contributed by atoms with Gasteiger partial charge in [0.25, 0.3) is 0 Å². The number of aldehydes is 1. The minimum atomic E-state index is -0.216. The van der Waals surface area contributed by atoms with Gasteiger partial charge in [0, 0.05) is 0 Å². The summed E-state index contributed by atoms with van der Waals surface area (Å²) < 4.78 is 5.36. The lowest BCUT2D eigenvalue weighted by molar-refractivity contribution is -0.118. The highest BCUT2D eigenvalue weighted by Crippen LogP contribution is 2.23. The SMILES string of the molecule is CC(C=O)OCC1CCCCC1. The Morgan fingerprint density at radius 1 is 1.42 bits per heavy atom. The van der Waals surface area contributed by atoms with Gasteiger partial charge in [-0.3, -0.25) is 0 Å². The van der Waals surface area contributed by atoms with Crippen LogP contribution >= 0.6 is 0 Å². The van der Waals surface area contributed by atoms with E-state index in [0.717, 1.165) is 12.9 Å². The van der Waals surface area contributed by atoms with Crippen molar-refractivity contribution in [2.24, 2.45) is 5.92 Å². The van der Waals surface area contributed by atoms with Gasteiger partial charge in [0.15, 0.2) is 0 Å². The van der Waals surface area contributed by atoms with Gasteiger partial charge >= 0.3 is 0 Å². The van der Waals surface area contributed by atoms with E-state index in [-0.39, 0.29) is 6.10 Å². The van der Waals surface area contributed by atoms with Crippen molar-refractivity contribution in [2.75, 3.05) is 6.61 Å². The van der Waals surface area contributed by atoms with E-state index >= 15 is 0 Å². The van der Waals surface area contributed by atoms with Gasteiger partial charge in [0.2, 0.25) is 0 Å². The number of carbonyl (C=O) groups is 1.